The van der Waals surface area contributed by atoms with Crippen LogP contribution in [0.3, 0.4) is 0 Å². The van der Waals surface area contributed by atoms with Crippen molar-refractivity contribution in [3.05, 3.63) is 59.8 Å². The van der Waals surface area contributed by atoms with Crippen LogP contribution in [-0.4, -0.2) is 64.8 Å². The molecule has 7 nitrogen and oxygen atoms in total. The van der Waals surface area contributed by atoms with E-state index >= 15 is 0 Å². The number of alkyl halides is 3. The summed E-state index contributed by atoms with van der Waals surface area (Å²) in [7, 11) is 3.15. The van der Waals surface area contributed by atoms with Crippen molar-refractivity contribution in [1.82, 2.24) is 14.7 Å². The van der Waals surface area contributed by atoms with Crippen LogP contribution in [0.15, 0.2) is 48.5 Å². The summed E-state index contributed by atoms with van der Waals surface area (Å²) in [5.74, 6) is 5.25. The number of carbonyl (C=O) groups excluding carboxylic acids is 1. The predicted octanol–water partition coefficient (Wildman–Crippen LogP) is 4.95. The maximum Gasteiger partial charge on any atom is 0.471 e. The maximum absolute atomic E-state index is 13.0. The summed E-state index contributed by atoms with van der Waals surface area (Å²) >= 11 is 0. The molecule has 1 aliphatic rings. The molecule has 0 spiro atoms. The molecule has 4 rings (SSSR count). The van der Waals surface area contributed by atoms with Gasteiger partial charge >= 0.3 is 12.1 Å². The fraction of sp³-hybridized carbons (Fsp3) is 0.379. The molecule has 0 radical (unpaired) electrons. The molecule has 0 unspecified atom stereocenters. The van der Waals surface area contributed by atoms with Crippen LogP contribution in [0.4, 0.5) is 13.2 Å². The van der Waals surface area contributed by atoms with Crippen molar-refractivity contribution < 1.29 is 32.5 Å². The first-order valence-corrected chi connectivity index (χ1v) is 12.4. The molecular formula is C29H30F3N3O4. The largest absolute Gasteiger partial charge is 0.497 e. The molecule has 0 saturated carbocycles. The molecule has 0 atom stereocenters. The van der Waals surface area contributed by atoms with Crippen LogP contribution < -0.4 is 9.47 Å². The van der Waals surface area contributed by atoms with Crippen LogP contribution in [0.5, 0.6) is 11.5 Å². The van der Waals surface area contributed by atoms with Gasteiger partial charge in [-0.3, -0.25) is 4.79 Å². The van der Waals surface area contributed by atoms with E-state index in [1.165, 1.54) is 0 Å². The van der Waals surface area contributed by atoms with Crippen molar-refractivity contribution in [2.45, 2.75) is 44.4 Å². The quantitative estimate of drug-likeness (QED) is 0.463. The number of hydrogen-bond acceptors (Lipinski definition) is 5. The van der Waals surface area contributed by atoms with Gasteiger partial charge in [-0.25, -0.2) is 4.68 Å². The third-order valence-corrected chi connectivity index (χ3v) is 6.50. The Morgan fingerprint density at radius 2 is 1.51 bits per heavy atom. The number of aromatic nitrogens is 2. The summed E-state index contributed by atoms with van der Waals surface area (Å²) in [5.41, 5.74) is 2.06. The third-order valence-electron chi connectivity index (χ3n) is 6.50. The predicted molar refractivity (Wildman–Crippen MR) is 140 cm³/mol. The molecule has 1 fully saturated rings. The highest BCUT2D eigenvalue weighted by Gasteiger charge is 2.43. The molecule has 39 heavy (non-hydrogen) atoms. The number of ether oxygens (including phenoxy) is 2. The highest BCUT2D eigenvalue weighted by atomic mass is 19.4. The van der Waals surface area contributed by atoms with Gasteiger partial charge < -0.3 is 19.5 Å². The average molecular weight is 542 g/mol. The molecule has 1 aliphatic heterocycles. The first kappa shape index (κ1) is 28.0. The summed E-state index contributed by atoms with van der Waals surface area (Å²) in [5, 5.41) is 15.3. The molecule has 2 aromatic carbocycles. The second kappa shape index (κ2) is 11.0. The number of amides is 1. The van der Waals surface area contributed by atoms with E-state index in [2.05, 4.69) is 11.8 Å². The highest BCUT2D eigenvalue weighted by Crippen LogP contribution is 2.37. The third kappa shape index (κ3) is 6.37. The van der Waals surface area contributed by atoms with Gasteiger partial charge in [0.15, 0.2) is 0 Å². The molecule has 1 amide bonds. The normalized spacial score (nSPS) is 14.5. The zero-order valence-electron chi connectivity index (χ0n) is 22.2. The van der Waals surface area contributed by atoms with Crippen LogP contribution in [0.1, 0.15) is 43.9 Å². The minimum atomic E-state index is -4.91. The number of hydrogen-bond donors (Lipinski definition) is 1. The van der Waals surface area contributed by atoms with Crippen molar-refractivity contribution in [3.63, 3.8) is 0 Å². The van der Waals surface area contributed by atoms with E-state index in [0.717, 1.165) is 16.2 Å². The topological polar surface area (TPSA) is 76.8 Å². The molecule has 0 aliphatic carbocycles. The Bertz CT molecular complexity index is 1370. The van der Waals surface area contributed by atoms with Gasteiger partial charge in [0.25, 0.3) is 0 Å². The number of halogens is 3. The Kier molecular flexibility index (Phi) is 7.93. The van der Waals surface area contributed by atoms with Crippen LogP contribution in [-0.2, 0) is 4.79 Å². The molecule has 0 bridgehead atoms. The van der Waals surface area contributed by atoms with Crippen molar-refractivity contribution in [3.8, 4) is 40.3 Å². The number of carbonyl (C=O) groups is 1. The first-order chi connectivity index (χ1) is 18.4. The number of methoxy groups -OCH3 is 2. The molecule has 2 heterocycles. The Morgan fingerprint density at radius 3 is 2.00 bits per heavy atom. The van der Waals surface area contributed by atoms with Gasteiger partial charge in [0.1, 0.15) is 17.1 Å². The van der Waals surface area contributed by atoms with Gasteiger partial charge in [0.05, 0.1) is 36.9 Å². The molecular weight excluding hydrogens is 511 g/mol. The maximum atomic E-state index is 13.0. The minimum absolute atomic E-state index is 0.0470. The summed E-state index contributed by atoms with van der Waals surface area (Å²) in [6, 6.07) is 14.7. The number of likely N-dealkylation sites (tertiary alicyclic amines) is 1. The van der Waals surface area contributed by atoms with Crippen molar-refractivity contribution in [1.29, 1.82) is 0 Å². The zero-order valence-corrected chi connectivity index (χ0v) is 22.2. The van der Waals surface area contributed by atoms with E-state index < -0.39 is 17.7 Å². The Balaban J connectivity index is 1.85. The minimum Gasteiger partial charge on any atom is -0.497 e. The summed E-state index contributed by atoms with van der Waals surface area (Å²) < 4.78 is 51.4. The lowest BCUT2D eigenvalue weighted by Crippen LogP contribution is -2.45. The van der Waals surface area contributed by atoms with Crippen LogP contribution in [0, 0.1) is 11.8 Å². The molecule has 206 valence electrons. The van der Waals surface area contributed by atoms with E-state index in [1.807, 2.05) is 36.4 Å². The van der Waals surface area contributed by atoms with E-state index in [9.17, 15) is 23.1 Å². The lowest BCUT2D eigenvalue weighted by molar-refractivity contribution is -0.186. The molecule has 1 saturated heterocycles. The van der Waals surface area contributed by atoms with Crippen molar-refractivity contribution >= 4 is 5.91 Å². The number of nitrogens with zero attached hydrogens (tertiary/aromatic N) is 3. The number of benzene rings is 2. The fourth-order valence-electron chi connectivity index (χ4n) is 4.52. The fourth-order valence-corrected chi connectivity index (χ4v) is 4.52. The van der Waals surface area contributed by atoms with Gasteiger partial charge in [0.2, 0.25) is 0 Å². The van der Waals surface area contributed by atoms with E-state index in [-0.39, 0.29) is 19.0 Å². The second-order valence-corrected chi connectivity index (χ2v) is 9.82. The number of aliphatic hydroxyl groups is 1. The van der Waals surface area contributed by atoms with Gasteiger partial charge in [-0.2, -0.15) is 18.3 Å². The Morgan fingerprint density at radius 1 is 0.974 bits per heavy atom. The van der Waals surface area contributed by atoms with E-state index in [4.69, 9.17) is 14.6 Å². The van der Waals surface area contributed by atoms with E-state index in [0.29, 0.717) is 41.3 Å². The summed E-state index contributed by atoms with van der Waals surface area (Å²) in [6.07, 6.45) is -4.32. The number of piperidine rings is 1. The monoisotopic (exact) mass is 541 g/mol. The Labute approximate surface area is 225 Å². The van der Waals surface area contributed by atoms with Crippen LogP contribution in [0.25, 0.3) is 16.9 Å². The summed E-state index contributed by atoms with van der Waals surface area (Å²) in [6.45, 7) is 3.05. The van der Waals surface area contributed by atoms with E-state index in [1.54, 1.807) is 44.9 Å². The second-order valence-electron chi connectivity index (χ2n) is 9.82. The highest BCUT2D eigenvalue weighted by molar-refractivity contribution is 5.82. The lowest BCUT2D eigenvalue weighted by atomic mass is 9.89. The van der Waals surface area contributed by atoms with Crippen LogP contribution in [0.2, 0.25) is 0 Å². The summed E-state index contributed by atoms with van der Waals surface area (Å²) in [4.78, 5) is 12.6. The molecule has 1 N–H and O–H groups in total. The number of rotatable bonds is 5. The van der Waals surface area contributed by atoms with Gasteiger partial charge in [-0.05, 0) is 75.2 Å². The first-order valence-electron chi connectivity index (χ1n) is 12.4. The van der Waals surface area contributed by atoms with Crippen molar-refractivity contribution in [2.24, 2.45) is 0 Å². The smallest absolute Gasteiger partial charge is 0.471 e. The van der Waals surface area contributed by atoms with Crippen molar-refractivity contribution in [2.75, 3.05) is 27.3 Å². The lowest BCUT2D eigenvalue weighted by Gasteiger charge is -2.31. The molecule has 3 aromatic rings. The van der Waals surface area contributed by atoms with Crippen LogP contribution >= 0.6 is 0 Å². The van der Waals surface area contributed by atoms with Gasteiger partial charge in [-0.1, -0.05) is 11.8 Å². The molecule has 1 aromatic heterocycles. The Hall–Kier alpha value is -3.97. The van der Waals surface area contributed by atoms with Gasteiger partial charge in [-0.15, -0.1) is 0 Å². The SMILES string of the molecule is COc1ccc(-c2c(C#CC(C)(C)O)c(C3CCN(C(=O)C(F)(F)F)CC3)nn2-c2ccc(OC)cc2)cc1. The standard InChI is InChI=1S/C29H30F3N3O4/c1-28(2,37)16-13-24-25(19-14-17-34(18-15-19)27(36)29(30,31)32)33-35(21-7-11-23(39-4)12-8-21)26(24)20-5-9-22(38-3)10-6-20/h5-12,19,37H,14-15,17-18H2,1-4H3. The van der Waals surface area contributed by atoms with Gasteiger partial charge in [0, 0.05) is 24.6 Å². The molecule has 10 heteroatoms. The zero-order chi connectivity index (χ0) is 28.4. The average Bonchev–Trinajstić information content (AvgIpc) is 3.30.